The van der Waals surface area contributed by atoms with Crippen molar-refractivity contribution in [2.45, 2.75) is 83.7 Å². The zero-order chi connectivity index (χ0) is 32.6. The summed E-state index contributed by atoms with van der Waals surface area (Å²) in [5.41, 5.74) is 1.80. The third-order valence-corrected chi connectivity index (χ3v) is 9.63. The first kappa shape index (κ1) is 33.3. The van der Waals surface area contributed by atoms with Crippen molar-refractivity contribution in [2.24, 2.45) is 11.8 Å². The molecule has 1 N–H and O–H groups in total. The smallest absolute Gasteiger partial charge is 0.274 e. The average molecular weight is 634 g/mol. The maximum absolute atomic E-state index is 14.2. The quantitative estimate of drug-likeness (QED) is 0.268. The molecule has 1 aliphatic heterocycles. The molecule has 1 saturated carbocycles. The number of halogens is 2. The summed E-state index contributed by atoms with van der Waals surface area (Å²) in [6.45, 7) is 5.09. The minimum atomic E-state index is -0.572. The fraction of sp³-hybridized carbons (Fsp3) is 0.500. The Labute approximate surface area is 270 Å². The van der Waals surface area contributed by atoms with Gasteiger partial charge in [0.2, 0.25) is 11.8 Å². The molecule has 2 fully saturated rings. The monoisotopic (exact) mass is 633 g/mol. The Morgan fingerprint density at radius 1 is 0.957 bits per heavy atom. The second-order valence-electron chi connectivity index (χ2n) is 12.8. The average Bonchev–Trinajstić information content (AvgIpc) is 3.76. The highest BCUT2D eigenvalue weighted by Crippen LogP contribution is 2.30. The number of rotatable bonds is 12. The van der Waals surface area contributed by atoms with Crippen molar-refractivity contribution < 1.29 is 23.2 Å². The van der Waals surface area contributed by atoms with Crippen molar-refractivity contribution >= 4 is 17.7 Å². The molecular weight excluding hydrogens is 588 g/mol. The SMILES string of the molecule is CC[C@@H](C)C(=O)N[C@H](C(=O)N1CCC[C@H]1CN(CCc1ccc(F)cc1)C(=O)c1cn(-c2ccc(F)cc2)cn1)C1CCCCC1. The number of benzene rings is 2. The minimum absolute atomic E-state index is 0.0578. The van der Waals surface area contributed by atoms with E-state index in [0.717, 1.165) is 50.5 Å². The highest BCUT2D eigenvalue weighted by molar-refractivity contribution is 5.92. The maximum Gasteiger partial charge on any atom is 0.274 e. The topological polar surface area (TPSA) is 87.5 Å². The van der Waals surface area contributed by atoms with Crippen LogP contribution < -0.4 is 5.32 Å². The molecule has 3 atom stereocenters. The molecule has 10 heteroatoms. The van der Waals surface area contributed by atoms with Gasteiger partial charge in [0, 0.05) is 43.5 Å². The van der Waals surface area contributed by atoms with Crippen LogP contribution in [0.25, 0.3) is 5.69 Å². The number of hydrogen-bond donors (Lipinski definition) is 1. The number of imidazole rings is 1. The minimum Gasteiger partial charge on any atom is -0.344 e. The summed E-state index contributed by atoms with van der Waals surface area (Å²) >= 11 is 0. The van der Waals surface area contributed by atoms with Gasteiger partial charge in [-0.05, 0) is 86.4 Å². The second kappa shape index (κ2) is 15.5. The van der Waals surface area contributed by atoms with Gasteiger partial charge in [0.1, 0.15) is 29.7 Å². The Hall–Kier alpha value is -4.08. The van der Waals surface area contributed by atoms with Gasteiger partial charge in [-0.3, -0.25) is 14.4 Å². The number of amides is 3. The van der Waals surface area contributed by atoms with E-state index in [2.05, 4.69) is 10.3 Å². The number of nitrogens with zero attached hydrogens (tertiary/aromatic N) is 4. The predicted octanol–water partition coefficient (Wildman–Crippen LogP) is 5.94. The molecule has 3 aromatic rings. The lowest BCUT2D eigenvalue weighted by Crippen LogP contribution is -2.56. The number of carbonyl (C=O) groups is 3. The van der Waals surface area contributed by atoms with Crippen LogP contribution in [-0.4, -0.2) is 68.8 Å². The van der Waals surface area contributed by atoms with Crippen LogP contribution in [0.5, 0.6) is 0 Å². The van der Waals surface area contributed by atoms with Crippen LogP contribution in [0, 0.1) is 23.5 Å². The van der Waals surface area contributed by atoms with E-state index in [0.29, 0.717) is 38.2 Å². The number of aromatic nitrogens is 2. The molecule has 0 spiro atoms. The Bertz CT molecular complexity index is 1470. The first-order chi connectivity index (χ1) is 22.2. The van der Waals surface area contributed by atoms with Gasteiger partial charge in [-0.1, -0.05) is 45.2 Å². The van der Waals surface area contributed by atoms with Crippen LogP contribution in [0.1, 0.15) is 81.3 Å². The maximum atomic E-state index is 14.2. The molecule has 2 aromatic carbocycles. The van der Waals surface area contributed by atoms with Crippen LogP contribution in [0.4, 0.5) is 8.78 Å². The van der Waals surface area contributed by atoms with Gasteiger partial charge >= 0.3 is 0 Å². The first-order valence-corrected chi connectivity index (χ1v) is 16.7. The van der Waals surface area contributed by atoms with Crippen molar-refractivity contribution in [3.63, 3.8) is 0 Å². The van der Waals surface area contributed by atoms with Crippen molar-refractivity contribution in [1.29, 1.82) is 0 Å². The molecule has 8 nitrogen and oxygen atoms in total. The summed E-state index contributed by atoms with van der Waals surface area (Å²) in [4.78, 5) is 49.2. The zero-order valence-electron chi connectivity index (χ0n) is 26.8. The predicted molar refractivity (Wildman–Crippen MR) is 172 cm³/mol. The molecule has 3 amide bonds. The highest BCUT2D eigenvalue weighted by atomic mass is 19.1. The zero-order valence-corrected chi connectivity index (χ0v) is 26.8. The molecule has 1 saturated heterocycles. The Balaban J connectivity index is 1.36. The molecule has 2 heterocycles. The molecule has 0 bridgehead atoms. The highest BCUT2D eigenvalue weighted by Gasteiger charge is 2.39. The molecule has 1 aliphatic carbocycles. The Morgan fingerprint density at radius 2 is 1.63 bits per heavy atom. The van der Waals surface area contributed by atoms with E-state index in [1.165, 1.54) is 30.6 Å². The molecule has 0 unspecified atom stereocenters. The molecule has 2 aliphatic rings. The molecule has 46 heavy (non-hydrogen) atoms. The fourth-order valence-electron chi connectivity index (χ4n) is 6.62. The van der Waals surface area contributed by atoms with Crippen LogP contribution in [0.3, 0.4) is 0 Å². The molecule has 1 aromatic heterocycles. The third-order valence-electron chi connectivity index (χ3n) is 9.63. The number of hydrogen-bond acceptors (Lipinski definition) is 4. The van der Waals surface area contributed by atoms with Crippen molar-refractivity contribution in [3.05, 3.63) is 83.9 Å². The largest absolute Gasteiger partial charge is 0.344 e. The van der Waals surface area contributed by atoms with Crippen LogP contribution in [0.2, 0.25) is 0 Å². The Morgan fingerprint density at radius 3 is 2.30 bits per heavy atom. The molecule has 246 valence electrons. The van der Waals surface area contributed by atoms with E-state index in [9.17, 15) is 23.2 Å². The lowest BCUT2D eigenvalue weighted by molar-refractivity contribution is -0.140. The normalized spacial score (nSPS) is 18.3. The lowest BCUT2D eigenvalue weighted by Gasteiger charge is -2.37. The molecular formula is C36H45F2N5O3. The number of carbonyl (C=O) groups excluding carboxylic acids is 3. The van der Waals surface area contributed by atoms with E-state index < -0.39 is 6.04 Å². The van der Waals surface area contributed by atoms with Crippen molar-refractivity contribution in [3.8, 4) is 5.69 Å². The van der Waals surface area contributed by atoms with Gasteiger partial charge in [0.25, 0.3) is 5.91 Å². The van der Waals surface area contributed by atoms with E-state index in [1.807, 2.05) is 18.7 Å². The van der Waals surface area contributed by atoms with Crippen molar-refractivity contribution in [1.82, 2.24) is 24.7 Å². The van der Waals surface area contributed by atoms with Gasteiger partial charge in [-0.2, -0.15) is 0 Å². The number of nitrogens with one attached hydrogen (secondary N) is 1. The van der Waals surface area contributed by atoms with E-state index in [4.69, 9.17) is 0 Å². The summed E-state index contributed by atoms with van der Waals surface area (Å²) in [5.74, 6) is -1.18. The van der Waals surface area contributed by atoms with E-state index in [1.54, 1.807) is 39.9 Å². The molecule has 0 radical (unpaired) electrons. The van der Waals surface area contributed by atoms with Crippen LogP contribution in [0.15, 0.2) is 61.1 Å². The van der Waals surface area contributed by atoms with Gasteiger partial charge in [-0.25, -0.2) is 13.8 Å². The van der Waals surface area contributed by atoms with E-state index >= 15 is 0 Å². The van der Waals surface area contributed by atoms with Crippen molar-refractivity contribution in [2.75, 3.05) is 19.6 Å². The summed E-state index contributed by atoms with van der Waals surface area (Å²) in [6.07, 6.45) is 11.0. The summed E-state index contributed by atoms with van der Waals surface area (Å²) in [5, 5.41) is 3.13. The summed E-state index contributed by atoms with van der Waals surface area (Å²) in [7, 11) is 0. The fourth-order valence-corrected chi connectivity index (χ4v) is 6.62. The summed E-state index contributed by atoms with van der Waals surface area (Å²) < 4.78 is 28.7. The summed E-state index contributed by atoms with van der Waals surface area (Å²) in [6, 6.07) is 11.4. The first-order valence-electron chi connectivity index (χ1n) is 16.7. The van der Waals surface area contributed by atoms with Gasteiger partial charge in [0.05, 0.1) is 0 Å². The lowest BCUT2D eigenvalue weighted by atomic mass is 9.83. The van der Waals surface area contributed by atoms with Gasteiger partial charge in [0.15, 0.2) is 0 Å². The van der Waals surface area contributed by atoms with Crippen LogP contribution >= 0.6 is 0 Å². The van der Waals surface area contributed by atoms with Crippen LogP contribution in [-0.2, 0) is 16.0 Å². The number of likely N-dealkylation sites (tertiary alicyclic amines) is 1. The van der Waals surface area contributed by atoms with E-state index in [-0.39, 0.29) is 52.9 Å². The standard InChI is InChI=1S/C36H45F2N5O3/c1-3-25(2)34(44)40-33(27-8-5-4-6-9-27)36(46)43-20-7-10-31(43)22-41(21-19-26-11-13-28(37)14-12-26)35(45)32-23-42(24-39-32)30-17-15-29(38)16-18-30/h11-18,23-25,27,31,33H,3-10,19-22H2,1-2H3,(H,40,44)/t25-,31+,33+/m1/s1. The third kappa shape index (κ3) is 8.19. The van der Waals surface area contributed by atoms with Gasteiger partial charge < -0.3 is 19.7 Å². The second-order valence-corrected chi connectivity index (χ2v) is 12.8. The Kier molecular flexibility index (Phi) is 11.2. The van der Waals surface area contributed by atoms with Gasteiger partial charge in [-0.15, -0.1) is 0 Å². The molecule has 5 rings (SSSR count).